The third kappa shape index (κ3) is 2.46. The van der Waals surface area contributed by atoms with Crippen LogP contribution in [0.4, 0.5) is 0 Å². The summed E-state index contributed by atoms with van der Waals surface area (Å²) in [6, 6.07) is -0.834. The fourth-order valence-corrected chi connectivity index (χ4v) is 1.93. The SMILES string of the molecule is CC(=O)NCC1[C@@H](O)[C@H](O)C(CO)N1C. The monoisotopic (exact) mass is 218 g/mol. The van der Waals surface area contributed by atoms with Crippen LogP contribution in [0.1, 0.15) is 6.92 Å². The van der Waals surface area contributed by atoms with Gasteiger partial charge in [0.05, 0.1) is 30.9 Å². The van der Waals surface area contributed by atoms with Crippen molar-refractivity contribution in [3.05, 3.63) is 0 Å². The number of aliphatic hydroxyl groups excluding tert-OH is 3. The van der Waals surface area contributed by atoms with Crippen molar-refractivity contribution in [1.82, 2.24) is 10.2 Å². The van der Waals surface area contributed by atoms with Crippen molar-refractivity contribution in [3.63, 3.8) is 0 Å². The van der Waals surface area contributed by atoms with Gasteiger partial charge >= 0.3 is 0 Å². The molecule has 1 aliphatic rings. The largest absolute Gasteiger partial charge is 0.395 e. The van der Waals surface area contributed by atoms with Gasteiger partial charge < -0.3 is 20.6 Å². The predicted molar refractivity (Wildman–Crippen MR) is 53.1 cm³/mol. The van der Waals surface area contributed by atoms with Crippen molar-refractivity contribution in [3.8, 4) is 0 Å². The van der Waals surface area contributed by atoms with Crippen LogP contribution in [0.15, 0.2) is 0 Å². The van der Waals surface area contributed by atoms with Crippen molar-refractivity contribution in [1.29, 1.82) is 0 Å². The summed E-state index contributed by atoms with van der Waals surface area (Å²) >= 11 is 0. The molecule has 0 radical (unpaired) electrons. The van der Waals surface area contributed by atoms with Gasteiger partial charge in [-0.1, -0.05) is 0 Å². The number of likely N-dealkylation sites (tertiary alicyclic amines) is 1. The molecule has 0 bridgehead atoms. The molecule has 0 aromatic heterocycles. The number of nitrogens with zero attached hydrogens (tertiary/aromatic N) is 1. The molecule has 1 fully saturated rings. The first kappa shape index (κ1) is 12.4. The van der Waals surface area contributed by atoms with E-state index in [1.807, 2.05) is 0 Å². The highest BCUT2D eigenvalue weighted by atomic mass is 16.3. The number of carbonyl (C=O) groups excluding carboxylic acids is 1. The van der Waals surface area contributed by atoms with Crippen molar-refractivity contribution < 1.29 is 20.1 Å². The quantitative estimate of drug-likeness (QED) is 0.421. The van der Waals surface area contributed by atoms with Crippen LogP contribution in [0, 0.1) is 0 Å². The topological polar surface area (TPSA) is 93.0 Å². The minimum Gasteiger partial charge on any atom is -0.395 e. The smallest absolute Gasteiger partial charge is 0.216 e. The fraction of sp³-hybridized carbons (Fsp3) is 0.889. The molecular weight excluding hydrogens is 200 g/mol. The van der Waals surface area contributed by atoms with Gasteiger partial charge in [0.25, 0.3) is 0 Å². The summed E-state index contributed by atoms with van der Waals surface area (Å²) in [6.45, 7) is 1.44. The Bertz CT molecular complexity index is 236. The number of likely N-dealkylation sites (N-methyl/N-ethyl adjacent to an activating group) is 1. The summed E-state index contributed by atoms with van der Waals surface area (Å²) in [5.74, 6) is -0.183. The van der Waals surface area contributed by atoms with E-state index in [4.69, 9.17) is 5.11 Å². The molecule has 1 rings (SSSR count). The molecule has 4 N–H and O–H groups in total. The van der Waals surface area contributed by atoms with Gasteiger partial charge in [0.15, 0.2) is 0 Å². The highest BCUT2D eigenvalue weighted by Gasteiger charge is 2.45. The molecule has 0 saturated carbocycles. The summed E-state index contributed by atoms with van der Waals surface area (Å²) in [7, 11) is 1.70. The molecule has 2 unspecified atom stereocenters. The second-order valence-electron chi connectivity index (χ2n) is 3.90. The zero-order valence-electron chi connectivity index (χ0n) is 8.92. The minimum absolute atomic E-state index is 0.183. The van der Waals surface area contributed by atoms with Crippen molar-refractivity contribution >= 4 is 5.91 Å². The van der Waals surface area contributed by atoms with E-state index in [1.165, 1.54) is 6.92 Å². The van der Waals surface area contributed by atoms with Gasteiger partial charge in [0.1, 0.15) is 0 Å². The van der Waals surface area contributed by atoms with Crippen LogP contribution >= 0.6 is 0 Å². The molecule has 88 valence electrons. The summed E-state index contributed by atoms with van der Waals surface area (Å²) in [5, 5.41) is 30.9. The molecule has 6 nitrogen and oxygen atoms in total. The average Bonchev–Trinajstić information content (AvgIpc) is 2.36. The zero-order valence-corrected chi connectivity index (χ0v) is 8.92. The number of carbonyl (C=O) groups is 1. The third-order valence-electron chi connectivity index (χ3n) is 2.93. The molecule has 0 aliphatic carbocycles. The Balaban J connectivity index is 2.61. The molecule has 1 aliphatic heterocycles. The number of nitrogens with one attached hydrogen (secondary N) is 1. The van der Waals surface area contributed by atoms with Gasteiger partial charge in [-0.2, -0.15) is 0 Å². The standard InChI is InChI=1S/C9H18N2O4/c1-5(13)10-3-6-8(14)9(15)7(4-12)11(6)2/h6-9,12,14-15H,3-4H2,1-2H3,(H,10,13)/t6?,7?,8-,9-/m1/s1. The first-order valence-corrected chi connectivity index (χ1v) is 4.92. The molecule has 1 saturated heterocycles. The maximum absolute atomic E-state index is 10.7. The van der Waals surface area contributed by atoms with Crippen LogP contribution in [0.2, 0.25) is 0 Å². The second kappa shape index (κ2) is 4.89. The predicted octanol–water partition coefficient (Wildman–Crippen LogP) is -2.48. The number of hydrogen-bond donors (Lipinski definition) is 4. The van der Waals surface area contributed by atoms with Gasteiger partial charge in [0.2, 0.25) is 5.91 Å². The van der Waals surface area contributed by atoms with E-state index < -0.39 is 18.2 Å². The lowest BCUT2D eigenvalue weighted by molar-refractivity contribution is -0.119. The number of rotatable bonds is 3. The van der Waals surface area contributed by atoms with Crippen molar-refractivity contribution in [2.75, 3.05) is 20.2 Å². The molecule has 15 heavy (non-hydrogen) atoms. The normalized spacial score (nSPS) is 36.9. The lowest BCUT2D eigenvalue weighted by atomic mass is 10.1. The molecule has 1 amide bonds. The molecule has 0 spiro atoms. The van der Waals surface area contributed by atoms with Crippen LogP contribution in [0.3, 0.4) is 0 Å². The van der Waals surface area contributed by atoms with Gasteiger partial charge in [-0.05, 0) is 7.05 Å². The summed E-state index contributed by atoms with van der Waals surface area (Å²) in [5.41, 5.74) is 0. The van der Waals surface area contributed by atoms with E-state index in [2.05, 4.69) is 5.32 Å². The lowest BCUT2D eigenvalue weighted by Crippen LogP contribution is -2.44. The Morgan fingerprint density at radius 1 is 1.33 bits per heavy atom. The number of aliphatic hydroxyl groups is 3. The summed E-state index contributed by atoms with van der Waals surface area (Å²) in [4.78, 5) is 12.4. The Morgan fingerprint density at radius 2 is 1.87 bits per heavy atom. The lowest BCUT2D eigenvalue weighted by Gasteiger charge is -2.24. The molecule has 0 aromatic rings. The van der Waals surface area contributed by atoms with E-state index in [0.29, 0.717) is 0 Å². The highest BCUT2D eigenvalue weighted by Crippen LogP contribution is 2.22. The first-order valence-electron chi connectivity index (χ1n) is 4.92. The van der Waals surface area contributed by atoms with Crippen LogP contribution in [-0.4, -0.2) is 70.6 Å². The van der Waals surface area contributed by atoms with Crippen molar-refractivity contribution in [2.24, 2.45) is 0 Å². The van der Waals surface area contributed by atoms with E-state index in [-0.39, 0.29) is 25.1 Å². The molecular formula is C9H18N2O4. The minimum atomic E-state index is -0.973. The maximum atomic E-state index is 10.7. The fourth-order valence-electron chi connectivity index (χ4n) is 1.93. The Labute approximate surface area is 88.5 Å². The third-order valence-corrected chi connectivity index (χ3v) is 2.93. The molecule has 4 atom stereocenters. The first-order chi connectivity index (χ1) is 6.99. The summed E-state index contributed by atoms with van der Waals surface area (Å²) in [6.07, 6.45) is -1.92. The zero-order chi connectivity index (χ0) is 11.6. The van der Waals surface area contributed by atoms with Crippen molar-refractivity contribution in [2.45, 2.75) is 31.2 Å². The van der Waals surface area contributed by atoms with Gasteiger partial charge in [-0.25, -0.2) is 0 Å². The van der Waals surface area contributed by atoms with E-state index in [1.54, 1.807) is 11.9 Å². The molecule has 1 heterocycles. The van der Waals surface area contributed by atoms with Gasteiger partial charge in [0, 0.05) is 13.5 Å². The van der Waals surface area contributed by atoms with Crippen LogP contribution in [0.25, 0.3) is 0 Å². The summed E-state index contributed by atoms with van der Waals surface area (Å²) < 4.78 is 0. The van der Waals surface area contributed by atoms with E-state index in [0.717, 1.165) is 0 Å². The molecule has 0 aromatic carbocycles. The van der Waals surface area contributed by atoms with Crippen LogP contribution in [-0.2, 0) is 4.79 Å². The van der Waals surface area contributed by atoms with E-state index in [9.17, 15) is 15.0 Å². The Morgan fingerprint density at radius 3 is 2.27 bits per heavy atom. The maximum Gasteiger partial charge on any atom is 0.216 e. The van der Waals surface area contributed by atoms with Gasteiger partial charge in [-0.3, -0.25) is 9.69 Å². The van der Waals surface area contributed by atoms with E-state index >= 15 is 0 Å². The van der Waals surface area contributed by atoms with Gasteiger partial charge in [-0.15, -0.1) is 0 Å². The Kier molecular flexibility index (Phi) is 4.04. The Hall–Kier alpha value is -0.690. The molecule has 6 heteroatoms. The van der Waals surface area contributed by atoms with Crippen LogP contribution in [0.5, 0.6) is 0 Å². The second-order valence-corrected chi connectivity index (χ2v) is 3.90. The number of amides is 1. The highest BCUT2D eigenvalue weighted by molar-refractivity contribution is 5.72. The average molecular weight is 218 g/mol. The number of hydrogen-bond acceptors (Lipinski definition) is 5. The van der Waals surface area contributed by atoms with Crippen LogP contribution < -0.4 is 5.32 Å².